The summed E-state index contributed by atoms with van der Waals surface area (Å²) >= 11 is 3.46. The molecule has 3 aromatic carbocycles. The Morgan fingerprint density at radius 2 is 1.30 bits per heavy atom. The van der Waals surface area contributed by atoms with Crippen molar-refractivity contribution >= 4 is 33.4 Å². The smallest absolute Gasteiger partial charge is 0.301 e. The average Bonchev–Trinajstić information content (AvgIpc) is 3.13. The normalized spacial score (nSPS) is 11.5. The van der Waals surface area contributed by atoms with Crippen molar-refractivity contribution in [2.45, 2.75) is 12.1 Å². The SMILES string of the molecule is O=CCn1c(=O)n(C(c2ccccc2)(c2ccccc2)c2ccccc2)c2ncc(Br)cc21. The number of carbonyl (C=O) groups excluding carboxylic acids is 1. The monoisotopic (exact) mass is 497 g/mol. The third kappa shape index (κ3) is 3.34. The fourth-order valence-electron chi connectivity index (χ4n) is 4.59. The van der Waals surface area contributed by atoms with Gasteiger partial charge in [0, 0.05) is 10.7 Å². The van der Waals surface area contributed by atoms with Crippen LogP contribution in [-0.4, -0.2) is 20.4 Å². The molecule has 0 saturated carbocycles. The molecule has 0 unspecified atom stereocenters. The maximum Gasteiger partial charge on any atom is 0.332 e. The van der Waals surface area contributed by atoms with Gasteiger partial charge in [0.1, 0.15) is 11.8 Å². The highest BCUT2D eigenvalue weighted by Gasteiger charge is 2.42. The fraction of sp³-hybridized carbons (Fsp3) is 0.0741. The number of carbonyl (C=O) groups is 1. The number of pyridine rings is 1. The van der Waals surface area contributed by atoms with E-state index < -0.39 is 5.54 Å². The molecule has 5 nitrogen and oxygen atoms in total. The minimum absolute atomic E-state index is 0.0606. The van der Waals surface area contributed by atoms with Crippen LogP contribution in [0.4, 0.5) is 0 Å². The Morgan fingerprint density at radius 3 is 1.76 bits per heavy atom. The van der Waals surface area contributed by atoms with Crippen LogP contribution in [0.2, 0.25) is 0 Å². The standard InChI is InChI=1S/C27H20BrN3O2/c28-23-18-24-25(29-19-23)31(26(33)30(24)16-17-32)27(20-10-4-1-5-11-20,21-12-6-2-7-13-21)22-14-8-3-9-15-22/h1-15,17-19H,16H2. The molecule has 33 heavy (non-hydrogen) atoms. The second kappa shape index (κ2) is 8.64. The molecule has 6 heteroatoms. The van der Waals surface area contributed by atoms with Crippen molar-refractivity contribution in [2.75, 3.05) is 0 Å². The Kier molecular flexibility index (Phi) is 5.52. The lowest BCUT2D eigenvalue weighted by atomic mass is 9.76. The van der Waals surface area contributed by atoms with E-state index in [-0.39, 0.29) is 12.2 Å². The summed E-state index contributed by atoms with van der Waals surface area (Å²) in [4.78, 5) is 30.3. The van der Waals surface area contributed by atoms with E-state index in [0.29, 0.717) is 11.2 Å². The topological polar surface area (TPSA) is 56.9 Å². The summed E-state index contributed by atoms with van der Waals surface area (Å²) < 4.78 is 3.93. The summed E-state index contributed by atoms with van der Waals surface area (Å²) in [5, 5.41) is 0. The van der Waals surface area contributed by atoms with Crippen molar-refractivity contribution in [3.05, 3.63) is 135 Å². The van der Waals surface area contributed by atoms with Gasteiger partial charge in [-0.3, -0.25) is 9.13 Å². The van der Waals surface area contributed by atoms with Crippen molar-refractivity contribution in [3.63, 3.8) is 0 Å². The van der Waals surface area contributed by atoms with Crippen molar-refractivity contribution in [1.29, 1.82) is 0 Å². The molecule has 0 aliphatic rings. The molecule has 0 spiro atoms. The first-order valence-electron chi connectivity index (χ1n) is 10.6. The highest BCUT2D eigenvalue weighted by atomic mass is 79.9. The lowest BCUT2D eigenvalue weighted by Crippen LogP contribution is -2.44. The number of hydrogen-bond acceptors (Lipinski definition) is 3. The summed E-state index contributed by atoms with van der Waals surface area (Å²) in [6.07, 6.45) is 2.41. The third-order valence-electron chi connectivity index (χ3n) is 5.91. The Hall–Kier alpha value is -3.77. The number of aromatic nitrogens is 3. The quantitative estimate of drug-likeness (QED) is 0.245. The van der Waals surface area contributed by atoms with Crippen LogP contribution in [0.1, 0.15) is 16.7 Å². The van der Waals surface area contributed by atoms with Crippen LogP contribution in [0.5, 0.6) is 0 Å². The molecule has 2 heterocycles. The molecule has 0 aliphatic heterocycles. The number of nitrogens with zero attached hydrogens (tertiary/aromatic N) is 3. The Balaban J connectivity index is 2.04. The molecular weight excluding hydrogens is 478 g/mol. The van der Waals surface area contributed by atoms with Gasteiger partial charge in [-0.2, -0.15) is 0 Å². The Labute approximate surface area is 199 Å². The maximum atomic E-state index is 14.1. The zero-order valence-electron chi connectivity index (χ0n) is 17.6. The van der Waals surface area contributed by atoms with Crippen molar-refractivity contribution in [1.82, 2.24) is 14.1 Å². The van der Waals surface area contributed by atoms with Crippen LogP contribution in [0.3, 0.4) is 0 Å². The summed E-state index contributed by atoms with van der Waals surface area (Å²) in [6, 6.07) is 31.6. The van der Waals surface area contributed by atoms with Crippen molar-refractivity contribution in [3.8, 4) is 0 Å². The van der Waals surface area contributed by atoms with Crippen LogP contribution in [0, 0.1) is 0 Å². The molecule has 2 aromatic heterocycles. The summed E-state index contributed by atoms with van der Waals surface area (Å²) in [7, 11) is 0. The molecule has 0 amide bonds. The minimum atomic E-state index is -1.01. The van der Waals surface area contributed by atoms with Gasteiger partial charge in [-0.25, -0.2) is 9.78 Å². The summed E-state index contributed by atoms with van der Waals surface area (Å²) in [5.41, 5.74) is 2.53. The second-order valence-corrected chi connectivity index (χ2v) is 8.62. The van der Waals surface area contributed by atoms with Gasteiger partial charge in [-0.05, 0) is 38.7 Å². The van der Waals surface area contributed by atoms with Crippen LogP contribution >= 0.6 is 15.9 Å². The number of halogens is 1. The maximum absolute atomic E-state index is 14.1. The molecule has 0 fully saturated rings. The van der Waals surface area contributed by atoms with E-state index >= 15 is 0 Å². The van der Waals surface area contributed by atoms with E-state index in [9.17, 15) is 9.59 Å². The van der Waals surface area contributed by atoms with Gasteiger partial charge < -0.3 is 4.79 Å². The molecule has 5 aromatic rings. The predicted octanol–water partition coefficient (Wildman–Crippen LogP) is 5.00. The first-order chi connectivity index (χ1) is 16.2. The molecule has 5 rings (SSSR count). The molecule has 0 saturated heterocycles. The zero-order valence-corrected chi connectivity index (χ0v) is 19.2. The van der Waals surface area contributed by atoms with E-state index in [1.807, 2.05) is 97.1 Å². The number of benzene rings is 3. The fourth-order valence-corrected chi connectivity index (χ4v) is 4.90. The predicted molar refractivity (Wildman–Crippen MR) is 132 cm³/mol. The van der Waals surface area contributed by atoms with E-state index in [2.05, 4.69) is 20.9 Å². The largest absolute Gasteiger partial charge is 0.332 e. The number of imidazole rings is 1. The summed E-state index contributed by atoms with van der Waals surface area (Å²) in [5.74, 6) is 0. The highest BCUT2D eigenvalue weighted by molar-refractivity contribution is 9.10. The van der Waals surface area contributed by atoms with Crippen LogP contribution in [-0.2, 0) is 16.9 Å². The molecule has 162 valence electrons. The first-order valence-corrected chi connectivity index (χ1v) is 11.3. The van der Waals surface area contributed by atoms with Gasteiger partial charge in [0.25, 0.3) is 0 Å². The van der Waals surface area contributed by atoms with Crippen LogP contribution in [0.25, 0.3) is 11.2 Å². The second-order valence-electron chi connectivity index (χ2n) is 7.70. The van der Waals surface area contributed by atoms with Crippen LogP contribution < -0.4 is 5.69 Å². The highest BCUT2D eigenvalue weighted by Crippen LogP contribution is 2.41. The third-order valence-corrected chi connectivity index (χ3v) is 6.34. The van der Waals surface area contributed by atoms with Gasteiger partial charge in [0.15, 0.2) is 5.65 Å². The lowest BCUT2D eigenvalue weighted by Gasteiger charge is -2.36. The Bertz CT molecular complexity index is 1380. The van der Waals surface area contributed by atoms with Crippen molar-refractivity contribution in [2.24, 2.45) is 0 Å². The molecule has 0 bridgehead atoms. The zero-order chi connectivity index (χ0) is 22.8. The first kappa shape index (κ1) is 21.1. The van der Waals surface area contributed by atoms with Gasteiger partial charge >= 0.3 is 5.69 Å². The number of aldehydes is 1. The molecule has 0 atom stereocenters. The van der Waals surface area contributed by atoms with Gasteiger partial charge in [-0.15, -0.1) is 0 Å². The average molecular weight is 498 g/mol. The van der Waals surface area contributed by atoms with Gasteiger partial charge in [-0.1, -0.05) is 91.0 Å². The molecule has 0 N–H and O–H groups in total. The lowest BCUT2D eigenvalue weighted by molar-refractivity contribution is -0.108. The molecule has 0 radical (unpaired) electrons. The van der Waals surface area contributed by atoms with E-state index in [1.54, 1.807) is 10.8 Å². The van der Waals surface area contributed by atoms with Crippen LogP contribution in [0.15, 0.2) is 113 Å². The number of hydrogen-bond donors (Lipinski definition) is 0. The van der Waals surface area contributed by atoms with E-state index in [4.69, 9.17) is 0 Å². The minimum Gasteiger partial charge on any atom is -0.301 e. The number of rotatable bonds is 6. The van der Waals surface area contributed by atoms with Gasteiger partial charge in [0.05, 0.1) is 12.1 Å². The van der Waals surface area contributed by atoms with E-state index in [1.165, 1.54) is 4.57 Å². The van der Waals surface area contributed by atoms with Crippen molar-refractivity contribution < 1.29 is 4.79 Å². The Morgan fingerprint density at radius 1 is 0.818 bits per heavy atom. The molecular formula is C27H20BrN3O2. The van der Waals surface area contributed by atoms with E-state index in [0.717, 1.165) is 27.4 Å². The molecule has 0 aliphatic carbocycles. The van der Waals surface area contributed by atoms with Gasteiger partial charge in [0.2, 0.25) is 0 Å². The number of fused-ring (bicyclic) bond motifs is 1. The summed E-state index contributed by atoms with van der Waals surface area (Å²) in [6.45, 7) is -0.0606.